The Morgan fingerprint density at radius 2 is 1.73 bits per heavy atom. The Hall–Kier alpha value is -2.47. The molecular formula is C16H13NO4S. The highest BCUT2D eigenvalue weighted by Crippen LogP contribution is 2.25. The van der Waals surface area contributed by atoms with E-state index in [1.807, 2.05) is 19.9 Å². The van der Waals surface area contributed by atoms with Gasteiger partial charge >= 0.3 is 5.97 Å². The molecule has 1 aliphatic rings. The summed E-state index contributed by atoms with van der Waals surface area (Å²) in [7, 11) is 0. The van der Waals surface area contributed by atoms with Crippen LogP contribution in [0.1, 0.15) is 36.0 Å². The zero-order valence-electron chi connectivity index (χ0n) is 12.1. The monoisotopic (exact) mass is 315 g/mol. The van der Waals surface area contributed by atoms with E-state index in [0.717, 1.165) is 15.3 Å². The molecule has 1 aromatic heterocycles. The number of benzene rings is 1. The smallest absolute Gasteiger partial charge is 0.329 e. The van der Waals surface area contributed by atoms with E-state index >= 15 is 0 Å². The largest absolute Gasteiger partial charge is 0.338 e. The standard InChI is InChI=1S/C16H13NO4S/c1-9-7-10(2)22-13(9)8-14(18)21-17-15(19)11-5-3-4-6-12(11)16(17)20/h3-7H,8H2,1-2H3. The van der Waals surface area contributed by atoms with Crippen molar-refractivity contribution >= 4 is 29.1 Å². The minimum Gasteiger partial charge on any atom is -0.329 e. The summed E-state index contributed by atoms with van der Waals surface area (Å²) in [5, 5.41) is 0.544. The van der Waals surface area contributed by atoms with E-state index in [0.29, 0.717) is 5.06 Å². The molecule has 2 aromatic rings. The molecular weight excluding hydrogens is 302 g/mol. The molecule has 0 bridgehead atoms. The van der Waals surface area contributed by atoms with Crippen LogP contribution in [0.2, 0.25) is 0 Å². The maximum absolute atomic E-state index is 12.1. The van der Waals surface area contributed by atoms with E-state index in [1.165, 1.54) is 23.5 Å². The van der Waals surface area contributed by atoms with E-state index in [2.05, 4.69) is 0 Å². The first kappa shape index (κ1) is 14.5. The van der Waals surface area contributed by atoms with Crippen molar-refractivity contribution in [3.63, 3.8) is 0 Å². The van der Waals surface area contributed by atoms with Gasteiger partial charge < -0.3 is 4.84 Å². The molecule has 6 heteroatoms. The summed E-state index contributed by atoms with van der Waals surface area (Å²) in [6, 6.07) is 8.38. The molecule has 2 heterocycles. The minimum atomic E-state index is -0.626. The number of thiophene rings is 1. The normalized spacial score (nSPS) is 13.5. The van der Waals surface area contributed by atoms with Crippen LogP contribution in [0.25, 0.3) is 0 Å². The average molecular weight is 315 g/mol. The van der Waals surface area contributed by atoms with E-state index in [9.17, 15) is 14.4 Å². The first-order chi connectivity index (χ1) is 10.5. The minimum absolute atomic E-state index is 0.0394. The van der Waals surface area contributed by atoms with E-state index in [1.54, 1.807) is 12.1 Å². The van der Waals surface area contributed by atoms with Gasteiger partial charge in [-0.1, -0.05) is 17.2 Å². The summed E-state index contributed by atoms with van der Waals surface area (Å²) in [5.41, 5.74) is 1.51. The topological polar surface area (TPSA) is 63.7 Å². The predicted molar refractivity (Wildman–Crippen MR) is 80.5 cm³/mol. The number of hydroxylamine groups is 2. The molecule has 0 atom stereocenters. The van der Waals surface area contributed by atoms with Crippen molar-refractivity contribution < 1.29 is 19.2 Å². The van der Waals surface area contributed by atoms with Crippen molar-refractivity contribution in [3.8, 4) is 0 Å². The SMILES string of the molecule is Cc1cc(C)c(CC(=O)ON2C(=O)c3ccccc3C2=O)s1. The number of nitrogens with zero attached hydrogens (tertiary/aromatic N) is 1. The Morgan fingerprint density at radius 1 is 1.14 bits per heavy atom. The van der Waals surface area contributed by atoms with Crippen LogP contribution in [0.15, 0.2) is 30.3 Å². The first-order valence-corrected chi connectivity index (χ1v) is 7.53. The van der Waals surface area contributed by atoms with Crippen LogP contribution in [-0.2, 0) is 16.1 Å². The Labute approximate surface area is 131 Å². The van der Waals surface area contributed by atoms with Crippen LogP contribution >= 0.6 is 11.3 Å². The lowest BCUT2D eigenvalue weighted by molar-refractivity contribution is -0.167. The molecule has 3 rings (SSSR count). The lowest BCUT2D eigenvalue weighted by Gasteiger charge is -2.12. The zero-order valence-corrected chi connectivity index (χ0v) is 12.9. The molecule has 112 valence electrons. The molecule has 0 unspecified atom stereocenters. The highest BCUT2D eigenvalue weighted by atomic mass is 32.1. The van der Waals surface area contributed by atoms with Gasteiger partial charge in [0.15, 0.2) is 0 Å². The highest BCUT2D eigenvalue weighted by molar-refractivity contribution is 7.12. The fourth-order valence-electron chi connectivity index (χ4n) is 2.38. The highest BCUT2D eigenvalue weighted by Gasteiger charge is 2.38. The third-order valence-corrected chi connectivity index (χ3v) is 4.55. The lowest BCUT2D eigenvalue weighted by Crippen LogP contribution is -2.33. The fraction of sp³-hybridized carbons (Fsp3) is 0.188. The Bertz CT molecular complexity index is 758. The molecule has 0 saturated carbocycles. The molecule has 0 aliphatic carbocycles. The first-order valence-electron chi connectivity index (χ1n) is 6.72. The van der Waals surface area contributed by atoms with E-state index < -0.39 is 17.8 Å². The predicted octanol–water partition coefficient (Wildman–Crippen LogP) is 2.66. The molecule has 0 spiro atoms. The van der Waals surface area contributed by atoms with Crippen molar-refractivity contribution in [1.82, 2.24) is 5.06 Å². The molecule has 0 fully saturated rings. The molecule has 0 radical (unpaired) electrons. The van der Waals surface area contributed by atoms with Gasteiger partial charge in [0.05, 0.1) is 17.5 Å². The molecule has 1 aliphatic heterocycles. The number of carbonyl (C=O) groups is 3. The van der Waals surface area contributed by atoms with E-state index in [-0.39, 0.29) is 17.5 Å². The molecule has 0 saturated heterocycles. The summed E-state index contributed by atoms with van der Waals surface area (Å²) >= 11 is 1.50. The van der Waals surface area contributed by atoms with Crippen LogP contribution in [-0.4, -0.2) is 22.8 Å². The number of amides is 2. The van der Waals surface area contributed by atoms with Gasteiger partial charge in [0.2, 0.25) is 0 Å². The summed E-state index contributed by atoms with van der Waals surface area (Å²) < 4.78 is 0. The molecule has 0 N–H and O–H groups in total. The van der Waals surface area contributed by atoms with Crippen LogP contribution in [0.4, 0.5) is 0 Å². The van der Waals surface area contributed by atoms with Crippen LogP contribution in [0.3, 0.4) is 0 Å². The Morgan fingerprint density at radius 3 is 2.23 bits per heavy atom. The summed E-state index contributed by atoms with van der Waals surface area (Å²) in [4.78, 5) is 43.2. The van der Waals surface area contributed by atoms with Crippen molar-refractivity contribution in [3.05, 3.63) is 56.8 Å². The fourth-order valence-corrected chi connectivity index (χ4v) is 3.41. The lowest BCUT2D eigenvalue weighted by atomic mass is 10.1. The maximum Gasteiger partial charge on any atom is 0.338 e. The van der Waals surface area contributed by atoms with Gasteiger partial charge in [-0.3, -0.25) is 9.59 Å². The number of aryl methyl sites for hydroxylation is 2. The van der Waals surface area contributed by atoms with Gasteiger partial charge in [-0.05, 0) is 37.6 Å². The van der Waals surface area contributed by atoms with Crippen molar-refractivity contribution in [2.24, 2.45) is 0 Å². The van der Waals surface area contributed by atoms with Gasteiger partial charge in [0.25, 0.3) is 11.8 Å². The molecule has 1 aromatic carbocycles. The van der Waals surface area contributed by atoms with Gasteiger partial charge in [-0.15, -0.1) is 11.3 Å². The van der Waals surface area contributed by atoms with Gasteiger partial charge in [-0.25, -0.2) is 4.79 Å². The number of hydrogen-bond acceptors (Lipinski definition) is 5. The van der Waals surface area contributed by atoms with Crippen molar-refractivity contribution in [1.29, 1.82) is 0 Å². The zero-order chi connectivity index (χ0) is 15.9. The van der Waals surface area contributed by atoms with Crippen LogP contribution < -0.4 is 0 Å². The Kier molecular flexibility index (Phi) is 3.54. The number of carbonyl (C=O) groups excluding carboxylic acids is 3. The third-order valence-electron chi connectivity index (χ3n) is 3.40. The Balaban J connectivity index is 1.74. The van der Waals surface area contributed by atoms with Gasteiger partial charge in [0, 0.05) is 9.75 Å². The average Bonchev–Trinajstić information content (AvgIpc) is 2.91. The van der Waals surface area contributed by atoms with Gasteiger partial charge in [-0.2, -0.15) is 0 Å². The molecule has 2 amide bonds. The van der Waals surface area contributed by atoms with E-state index in [4.69, 9.17) is 4.84 Å². The molecule has 5 nitrogen and oxygen atoms in total. The summed E-state index contributed by atoms with van der Waals surface area (Å²) in [6.07, 6.45) is 0.0394. The second kappa shape index (κ2) is 5.38. The van der Waals surface area contributed by atoms with Crippen LogP contribution in [0.5, 0.6) is 0 Å². The second-order valence-electron chi connectivity index (χ2n) is 5.05. The maximum atomic E-state index is 12.1. The van der Waals surface area contributed by atoms with Gasteiger partial charge in [0.1, 0.15) is 0 Å². The summed E-state index contributed by atoms with van der Waals surface area (Å²) in [5.74, 6) is -1.83. The number of imide groups is 1. The quantitative estimate of drug-likeness (QED) is 0.817. The molecule has 22 heavy (non-hydrogen) atoms. The third kappa shape index (κ3) is 2.42. The van der Waals surface area contributed by atoms with Crippen molar-refractivity contribution in [2.45, 2.75) is 20.3 Å². The number of rotatable bonds is 3. The summed E-state index contributed by atoms with van der Waals surface area (Å²) in [6.45, 7) is 3.87. The van der Waals surface area contributed by atoms with Crippen LogP contribution in [0, 0.1) is 13.8 Å². The second-order valence-corrected chi connectivity index (χ2v) is 6.39. The number of fused-ring (bicyclic) bond motifs is 1. The van der Waals surface area contributed by atoms with Crippen molar-refractivity contribution in [2.75, 3.05) is 0 Å². The number of hydrogen-bond donors (Lipinski definition) is 0.